The van der Waals surface area contributed by atoms with Crippen LogP contribution in [0, 0.1) is 19.8 Å². The maximum Gasteiger partial charge on any atom is 0.177 e. The third-order valence-corrected chi connectivity index (χ3v) is 6.33. The fourth-order valence-electron chi connectivity index (χ4n) is 3.76. The Morgan fingerprint density at radius 3 is 2.78 bits per heavy atom. The Balaban J connectivity index is 1.42. The molecule has 27 heavy (non-hydrogen) atoms. The number of hydrogen-bond acceptors (Lipinski definition) is 4. The van der Waals surface area contributed by atoms with Crippen molar-refractivity contribution in [3.05, 3.63) is 69.7 Å². The van der Waals surface area contributed by atoms with Crippen LogP contribution >= 0.6 is 11.3 Å². The van der Waals surface area contributed by atoms with Crippen LogP contribution in [-0.2, 0) is 6.54 Å². The standard InChI is InChI=1S/C22H25N3OS/c1-16-5-7-20(8-6-16)25-14-18(12-23-25)13-24-10-3-4-19(15-24)21(26)22-17(2)9-11-27-22/h5-9,11-12,14,19H,3-4,10,13,15H2,1-2H3/t19-/m0/s1. The van der Waals surface area contributed by atoms with Gasteiger partial charge in [0.2, 0.25) is 0 Å². The second kappa shape index (κ2) is 7.79. The number of benzene rings is 1. The van der Waals surface area contributed by atoms with E-state index in [2.05, 4.69) is 47.4 Å². The minimum Gasteiger partial charge on any atom is -0.298 e. The molecule has 140 valence electrons. The molecule has 1 saturated heterocycles. The average Bonchev–Trinajstić information content (AvgIpc) is 3.31. The summed E-state index contributed by atoms with van der Waals surface area (Å²) in [6, 6.07) is 10.4. The van der Waals surface area contributed by atoms with Crippen molar-refractivity contribution in [3.8, 4) is 5.69 Å². The zero-order valence-electron chi connectivity index (χ0n) is 15.9. The van der Waals surface area contributed by atoms with Gasteiger partial charge in [0, 0.05) is 30.8 Å². The first kappa shape index (κ1) is 18.1. The van der Waals surface area contributed by atoms with Crippen LogP contribution in [0.3, 0.4) is 0 Å². The maximum atomic E-state index is 12.9. The molecule has 1 fully saturated rings. The molecule has 1 aliphatic rings. The highest BCUT2D eigenvalue weighted by atomic mass is 32.1. The number of hydrogen-bond donors (Lipinski definition) is 0. The SMILES string of the molecule is Cc1ccc(-n2cc(CN3CCC[C@H](C(=O)c4sccc4C)C3)cn2)cc1. The van der Waals surface area contributed by atoms with E-state index in [1.54, 1.807) is 11.3 Å². The molecule has 1 aliphatic heterocycles. The Morgan fingerprint density at radius 2 is 2.04 bits per heavy atom. The average molecular weight is 380 g/mol. The molecule has 2 aromatic heterocycles. The van der Waals surface area contributed by atoms with E-state index in [1.165, 1.54) is 11.1 Å². The molecule has 0 unspecified atom stereocenters. The van der Waals surface area contributed by atoms with E-state index in [1.807, 2.05) is 29.2 Å². The molecule has 1 aromatic carbocycles. The lowest BCUT2D eigenvalue weighted by molar-refractivity contribution is 0.0815. The van der Waals surface area contributed by atoms with Gasteiger partial charge in [0.25, 0.3) is 0 Å². The van der Waals surface area contributed by atoms with Crippen LogP contribution in [0.15, 0.2) is 48.1 Å². The monoisotopic (exact) mass is 379 g/mol. The first-order chi connectivity index (χ1) is 13.1. The molecule has 3 heterocycles. The minimum absolute atomic E-state index is 0.114. The lowest BCUT2D eigenvalue weighted by Crippen LogP contribution is -2.38. The van der Waals surface area contributed by atoms with Gasteiger partial charge in [-0.2, -0.15) is 5.10 Å². The fraction of sp³-hybridized carbons (Fsp3) is 0.364. The van der Waals surface area contributed by atoms with Crippen molar-refractivity contribution in [2.75, 3.05) is 13.1 Å². The summed E-state index contributed by atoms with van der Waals surface area (Å²) in [5, 5.41) is 6.53. The second-order valence-corrected chi connectivity index (χ2v) is 8.42. The van der Waals surface area contributed by atoms with Crippen LogP contribution in [0.4, 0.5) is 0 Å². The number of likely N-dealkylation sites (tertiary alicyclic amines) is 1. The molecule has 0 saturated carbocycles. The first-order valence-corrected chi connectivity index (χ1v) is 10.4. The first-order valence-electron chi connectivity index (χ1n) is 9.51. The van der Waals surface area contributed by atoms with Gasteiger partial charge in [0.15, 0.2) is 5.78 Å². The number of Topliss-reactive ketones (excluding diaryl/α,β-unsaturated/α-hetero) is 1. The van der Waals surface area contributed by atoms with E-state index in [4.69, 9.17) is 0 Å². The summed E-state index contributed by atoms with van der Waals surface area (Å²) >= 11 is 1.58. The van der Waals surface area contributed by atoms with Gasteiger partial charge in [-0.3, -0.25) is 9.69 Å². The zero-order chi connectivity index (χ0) is 18.8. The minimum atomic E-state index is 0.114. The molecule has 0 radical (unpaired) electrons. The van der Waals surface area contributed by atoms with Crippen LogP contribution in [-0.4, -0.2) is 33.6 Å². The fourth-order valence-corrected chi connectivity index (χ4v) is 4.71. The largest absolute Gasteiger partial charge is 0.298 e. The molecular weight excluding hydrogens is 354 g/mol. The summed E-state index contributed by atoms with van der Waals surface area (Å²) in [7, 11) is 0. The Morgan fingerprint density at radius 1 is 1.22 bits per heavy atom. The number of rotatable bonds is 5. The van der Waals surface area contributed by atoms with E-state index in [-0.39, 0.29) is 5.92 Å². The highest BCUT2D eigenvalue weighted by Crippen LogP contribution is 2.26. The molecule has 4 nitrogen and oxygen atoms in total. The molecule has 3 aromatic rings. The number of aromatic nitrogens is 2. The van der Waals surface area contributed by atoms with Crippen LogP contribution in [0.1, 0.15) is 39.2 Å². The smallest absolute Gasteiger partial charge is 0.177 e. The van der Waals surface area contributed by atoms with Crippen molar-refractivity contribution in [2.45, 2.75) is 33.2 Å². The van der Waals surface area contributed by atoms with Crippen molar-refractivity contribution < 1.29 is 4.79 Å². The predicted molar refractivity (Wildman–Crippen MR) is 110 cm³/mol. The summed E-state index contributed by atoms with van der Waals surface area (Å²) in [6.07, 6.45) is 6.11. The van der Waals surface area contributed by atoms with Crippen LogP contribution in [0.25, 0.3) is 5.69 Å². The number of ketones is 1. The van der Waals surface area contributed by atoms with E-state index in [0.29, 0.717) is 5.78 Å². The van der Waals surface area contributed by atoms with Crippen molar-refractivity contribution in [2.24, 2.45) is 5.92 Å². The Kier molecular flexibility index (Phi) is 5.23. The number of thiophene rings is 1. The number of carbonyl (C=O) groups is 1. The molecule has 0 aliphatic carbocycles. The van der Waals surface area contributed by atoms with Gasteiger partial charge in [0.1, 0.15) is 0 Å². The summed E-state index contributed by atoms with van der Waals surface area (Å²) in [6.45, 7) is 6.85. The van der Waals surface area contributed by atoms with Crippen LogP contribution in [0.5, 0.6) is 0 Å². The molecule has 0 bridgehead atoms. The van der Waals surface area contributed by atoms with E-state index in [9.17, 15) is 4.79 Å². The van der Waals surface area contributed by atoms with Gasteiger partial charge >= 0.3 is 0 Å². The van der Waals surface area contributed by atoms with Gasteiger partial charge < -0.3 is 0 Å². The number of carbonyl (C=O) groups excluding carboxylic acids is 1. The Labute approximate surface area is 164 Å². The molecule has 4 rings (SSSR count). The number of nitrogens with zero attached hydrogens (tertiary/aromatic N) is 3. The Bertz CT molecular complexity index is 925. The summed E-state index contributed by atoms with van der Waals surface area (Å²) in [5.41, 5.74) is 4.63. The number of piperidine rings is 1. The molecule has 0 spiro atoms. The molecule has 5 heteroatoms. The summed E-state index contributed by atoms with van der Waals surface area (Å²) in [4.78, 5) is 16.2. The van der Waals surface area contributed by atoms with E-state index < -0.39 is 0 Å². The lowest BCUT2D eigenvalue weighted by atomic mass is 9.92. The lowest BCUT2D eigenvalue weighted by Gasteiger charge is -2.31. The Hall–Kier alpha value is -2.24. The quantitative estimate of drug-likeness (QED) is 0.606. The van der Waals surface area contributed by atoms with Crippen molar-refractivity contribution in [1.29, 1.82) is 0 Å². The third kappa shape index (κ3) is 4.04. The van der Waals surface area contributed by atoms with Crippen molar-refractivity contribution in [3.63, 3.8) is 0 Å². The van der Waals surface area contributed by atoms with Gasteiger partial charge in [-0.1, -0.05) is 17.7 Å². The summed E-state index contributed by atoms with van der Waals surface area (Å²) in [5.74, 6) is 0.436. The number of aryl methyl sites for hydroxylation is 2. The van der Waals surface area contributed by atoms with Gasteiger partial charge in [-0.25, -0.2) is 4.68 Å². The van der Waals surface area contributed by atoms with Gasteiger partial charge in [-0.05, 0) is 62.4 Å². The summed E-state index contributed by atoms with van der Waals surface area (Å²) < 4.78 is 1.93. The topological polar surface area (TPSA) is 38.1 Å². The molecular formula is C22H25N3OS. The van der Waals surface area contributed by atoms with Crippen molar-refractivity contribution >= 4 is 17.1 Å². The van der Waals surface area contributed by atoms with Crippen LogP contribution in [0.2, 0.25) is 0 Å². The van der Waals surface area contributed by atoms with Gasteiger partial charge in [-0.15, -0.1) is 11.3 Å². The van der Waals surface area contributed by atoms with Crippen LogP contribution < -0.4 is 0 Å². The van der Waals surface area contributed by atoms with E-state index >= 15 is 0 Å². The van der Waals surface area contributed by atoms with E-state index in [0.717, 1.165) is 48.6 Å². The third-order valence-electron chi connectivity index (χ3n) is 5.30. The predicted octanol–water partition coefficient (Wildman–Crippen LogP) is 4.65. The highest BCUT2D eigenvalue weighted by Gasteiger charge is 2.28. The maximum absolute atomic E-state index is 12.9. The van der Waals surface area contributed by atoms with Crippen molar-refractivity contribution in [1.82, 2.24) is 14.7 Å². The highest BCUT2D eigenvalue weighted by molar-refractivity contribution is 7.12. The molecule has 0 N–H and O–H groups in total. The molecule has 1 atom stereocenters. The second-order valence-electron chi connectivity index (χ2n) is 7.50. The van der Waals surface area contributed by atoms with Gasteiger partial charge in [0.05, 0.1) is 16.8 Å². The normalized spacial score (nSPS) is 17.9. The zero-order valence-corrected chi connectivity index (χ0v) is 16.7. The molecule has 0 amide bonds.